The number of aromatic hydroxyl groups is 1. The van der Waals surface area contributed by atoms with E-state index in [1.807, 2.05) is 49.2 Å². The number of piperidine rings is 1. The minimum Gasteiger partial charge on any atom is -0.507 e. The Morgan fingerprint density at radius 1 is 0.895 bits per heavy atom. The number of carbonyl (C=O) groups is 4. The number of amides is 3. The Kier molecular flexibility index (Phi) is 15.2. The third-order valence-corrected chi connectivity index (χ3v) is 13.7. The van der Waals surface area contributed by atoms with Crippen LogP contribution in [-0.2, 0) is 22.6 Å². The van der Waals surface area contributed by atoms with Crippen LogP contribution in [0.4, 0.5) is 26.8 Å². The van der Waals surface area contributed by atoms with Crippen LogP contribution in [0.1, 0.15) is 48.2 Å². The van der Waals surface area contributed by atoms with Crippen LogP contribution in [0.5, 0.6) is 28.7 Å². The molecule has 21 nitrogen and oxygen atoms in total. The molecule has 2 aliphatic rings. The number of phenolic OH excluding ortho intramolecular Hbond substituents is 1. The van der Waals surface area contributed by atoms with Gasteiger partial charge in [-0.3, -0.25) is 14.3 Å². The molecular weight excluding hydrogens is 975 g/mol. The first-order chi connectivity index (χ1) is 36.7. The molecule has 76 heavy (non-hydrogen) atoms. The Morgan fingerprint density at radius 2 is 1.64 bits per heavy atom. The molecule has 1 fully saturated rings. The molecule has 2 aliphatic heterocycles. The highest BCUT2D eigenvalue weighted by Gasteiger charge is 2.33. The lowest BCUT2D eigenvalue weighted by molar-refractivity contribution is -0.131. The molecule has 7 aromatic rings. The molecule has 3 aromatic heterocycles. The molecule has 0 radical (unpaired) electrons. The number of likely N-dealkylation sites (N-methyl/N-ethyl adjacent to an activating group) is 3. The quantitative estimate of drug-likeness (QED) is 0.0572. The van der Waals surface area contributed by atoms with E-state index in [2.05, 4.69) is 27.1 Å². The van der Waals surface area contributed by atoms with Gasteiger partial charge >= 0.3 is 18.1 Å². The number of hydrogen-bond donors (Lipinski definition) is 1. The number of nitriles is 1. The Hall–Kier alpha value is -9.32. The summed E-state index contributed by atoms with van der Waals surface area (Å²) in [4.78, 5) is 73.2. The average molecular weight is 1030 g/mol. The van der Waals surface area contributed by atoms with Gasteiger partial charge < -0.3 is 48.4 Å². The third kappa shape index (κ3) is 10.8. The van der Waals surface area contributed by atoms with Gasteiger partial charge in [0.25, 0.3) is 0 Å². The molecule has 9 rings (SSSR count). The number of aryl methyl sites for hydroxylation is 1. The van der Waals surface area contributed by atoms with Gasteiger partial charge in [0.15, 0.2) is 28.6 Å². The monoisotopic (exact) mass is 1030 g/mol. The fraction of sp³-hybridized carbons (Fsp3) is 0.309. The zero-order valence-electron chi connectivity index (χ0n) is 42.8. The number of likely N-dealkylation sites (tertiary alicyclic amines) is 1. The predicted molar refractivity (Wildman–Crippen MR) is 279 cm³/mol. The summed E-state index contributed by atoms with van der Waals surface area (Å²) in [5.41, 5.74) is 4.32. The van der Waals surface area contributed by atoms with Gasteiger partial charge in [0.2, 0.25) is 12.7 Å². The number of ether oxygens (including phenoxy) is 5. The van der Waals surface area contributed by atoms with Gasteiger partial charge in [0.1, 0.15) is 36.5 Å². The second kappa shape index (κ2) is 22.4. The first-order valence-corrected chi connectivity index (χ1v) is 24.5. The van der Waals surface area contributed by atoms with E-state index in [0.717, 1.165) is 29.4 Å². The fourth-order valence-corrected chi connectivity index (χ4v) is 9.19. The number of carbonyl (C=O) groups excluding carboxylic acids is 4. The van der Waals surface area contributed by atoms with Crippen molar-refractivity contribution in [1.29, 1.82) is 5.26 Å². The van der Waals surface area contributed by atoms with Crippen molar-refractivity contribution < 1.29 is 48.0 Å². The third-order valence-electron chi connectivity index (χ3n) is 13.7. The number of esters is 1. The second-order valence-electron chi connectivity index (χ2n) is 18.5. The average Bonchev–Trinajstić information content (AvgIpc) is 4.10. The molecule has 1 N–H and O–H groups in total. The van der Waals surface area contributed by atoms with Crippen LogP contribution in [0.3, 0.4) is 0 Å². The lowest BCUT2D eigenvalue weighted by Crippen LogP contribution is -2.52. The smallest absolute Gasteiger partial charge is 0.409 e. The number of anilines is 1. The number of fused-ring (bicyclic) bond motifs is 3. The van der Waals surface area contributed by atoms with Gasteiger partial charge in [-0.25, -0.2) is 24.4 Å². The van der Waals surface area contributed by atoms with E-state index in [4.69, 9.17) is 33.9 Å². The molecule has 21 heteroatoms. The molecule has 0 spiro atoms. The van der Waals surface area contributed by atoms with Gasteiger partial charge in [-0.2, -0.15) is 15.5 Å². The standard InChI is InChI=1S/C55H55N11O10/c1-7-35-25-47-48(75-32-74-47)27-40(35)43-24-36-10-15-46(72-6)50(42(36)28-57-43)76-53(69)41-26-38(13-14-45(41)67)61-60-37-11-8-34(9-12-37)30-73-55(71)63(4)23-22-62(3)54(70)66-21-18-39-51(58-31-59-52(39)66)64(5)44-29-65(20-17-33(44)2)49(68)16-19-56/h8-15,18,21,24-28,31,33,44,67H,7,16-17,20,22-23,29-30,32H2,1-6H3/b61-60+/t33-,44+/m0/s1. The number of hydrogen-bond acceptors (Lipinski definition) is 17. The van der Waals surface area contributed by atoms with Crippen molar-refractivity contribution in [3.63, 3.8) is 0 Å². The van der Waals surface area contributed by atoms with Crippen molar-refractivity contribution in [3.05, 3.63) is 114 Å². The highest BCUT2D eigenvalue weighted by Crippen LogP contribution is 2.42. The molecule has 390 valence electrons. The van der Waals surface area contributed by atoms with E-state index >= 15 is 0 Å². The highest BCUT2D eigenvalue weighted by atomic mass is 16.7. The molecule has 2 atom stereocenters. The van der Waals surface area contributed by atoms with Crippen molar-refractivity contribution >= 4 is 63.0 Å². The van der Waals surface area contributed by atoms with Crippen LogP contribution in [0, 0.1) is 17.2 Å². The van der Waals surface area contributed by atoms with Crippen LogP contribution in [0.15, 0.2) is 108 Å². The van der Waals surface area contributed by atoms with Crippen molar-refractivity contribution in [2.24, 2.45) is 16.1 Å². The normalized spacial score (nSPS) is 14.9. The Labute approximate surface area is 437 Å². The lowest BCUT2D eigenvalue weighted by atomic mass is 9.92. The first-order valence-electron chi connectivity index (χ1n) is 24.5. The largest absolute Gasteiger partial charge is 0.507 e. The van der Waals surface area contributed by atoms with Gasteiger partial charge in [0, 0.05) is 70.7 Å². The maximum atomic E-state index is 13.7. The van der Waals surface area contributed by atoms with Crippen LogP contribution in [-0.4, -0.2) is 131 Å². The molecule has 0 bridgehead atoms. The van der Waals surface area contributed by atoms with Crippen LogP contribution in [0.2, 0.25) is 0 Å². The molecule has 0 saturated carbocycles. The summed E-state index contributed by atoms with van der Waals surface area (Å²) in [6.45, 7) is 5.72. The van der Waals surface area contributed by atoms with Crippen molar-refractivity contribution in [2.75, 3.05) is 66.1 Å². The molecular formula is C55H55N11O10. The zero-order valence-corrected chi connectivity index (χ0v) is 42.8. The van der Waals surface area contributed by atoms with E-state index in [0.29, 0.717) is 63.8 Å². The number of benzene rings is 4. The number of nitrogens with zero attached hydrogens (tertiary/aromatic N) is 11. The van der Waals surface area contributed by atoms with E-state index in [1.54, 1.807) is 67.8 Å². The lowest BCUT2D eigenvalue weighted by Gasteiger charge is -2.42. The molecule has 5 heterocycles. The SMILES string of the molecule is CCc1cc2c(cc1-c1cc3ccc(OC)c(OC(=O)c4cc(/N=N/c5ccc(COC(=O)N(C)CCN(C)C(=O)n6ccc7c(N(C)[C@@H]8CN(C(=O)CC#N)CC[C@@H]8C)ncnc76)cc5)ccc4O)c3cn1)OCO2. The maximum absolute atomic E-state index is 13.7. The van der Waals surface area contributed by atoms with Crippen molar-refractivity contribution in [1.82, 2.24) is 34.2 Å². The number of methoxy groups -OCH3 is 1. The molecule has 0 unspecified atom stereocenters. The number of pyridine rings is 1. The molecule has 3 amide bonds. The number of aromatic nitrogens is 4. The first kappa shape index (κ1) is 51.6. The molecule has 4 aromatic carbocycles. The summed E-state index contributed by atoms with van der Waals surface area (Å²) < 4.78 is 29.7. The fourth-order valence-electron chi connectivity index (χ4n) is 9.19. The van der Waals surface area contributed by atoms with Gasteiger partial charge in [-0.1, -0.05) is 32.0 Å². The predicted octanol–water partition coefficient (Wildman–Crippen LogP) is 9.04. The number of rotatable bonds is 15. The summed E-state index contributed by atoms with van der Waals surface area (Å²) in [5, 5.41) is 30.3. The summed E-state index contributed by atoms with van der Waals surface area (Å²) in [6.07, 6.45) is 5.43. The van der Waals surface area contributed by atoms with E-state index in [-0.39, 0.29) is 85.3 Å². The van der Waals surface area contributed by atoms with Gasteiger partial charge in [0.05, 0.1) is 41.7 Å². The topological polar surface area (TPSA) is 240 Å². The molecule has 0 aliphatic carbocycles. The van der Waals surface area contributed by atoms with E-state index in [1.165, 1.54) is 46.0 Å². The minimum atomic E-state index is -0.855. The maximum Gasteiger partial charge on any atom is 0.409 e. The summed E-state index contributed by atoms with van der Waals surface area (Å²) in [5.74, 6) is 1.24. The van der Waals surface area contributed by atoms with Crippen molar-refractivity contribution in [3.8, 4) is 46.1 Å². The molecule has 1 saturated heterocycles. The number of azo groups is 1. The summed E-state index contributed by atoms with van der Waals surface area (Å²) in [7, 11) is 6.59. The Balaban J connectivity index is 0.775. The Morgan fingerprint density at radius 3 is 2.41 bits per heavy atom. The summed E-state index contributed by atoms with van der Waals surface area (Å²) in [6, 6.07) is 23.7. The minimum absolute atomic E-state index is 0.0309. The van der Waals surface area contributed by atoms with Crippen molar-refractivity contribution in [2.45, 2.75) is 45.8 Å². The van der Waals surface area contributed by atoms with Gasteiger partial charge in [-0.05, 0) is 95.9 Å². The van der Waals surface area contributed by atoms with Gasteiger partial charge in [-0.15, -0.1) is 0 Å². The Bertz CT molecular complexity index is 3430. The van der Waals surface area contributed by atoms with E-state index < -0.39 is 12.1 Å². The van der Waals surface area contributed by atoms with Crippen LogP contribution >= 0.6 is 0 Å². The van der Waals surface area contributed by atoms with E-state index in [9.17, 15) is 24.3 Å². The highest BCUT2D eigenvalue weighted by molar-refractivity contribution is 6.00. The van der Waals surface area contributed by atoms with Crippen LogP contribution in [0.25, 0.3) is 33.1 Å². The zero-order chi connectivity index (χ0) is 53.6. The number of phenols is 1. The van der Waals surface area contributed by atoms with Crippen LogP contribution < -0.4 is 23.8 Å². The second-order valence-corrected chi connectivity index (χ2v) is 18.5. The summed E-state index contributed by atoms with van der Waals surface area (Å²) >= 11 is 0.